The molecule has 2 rings (SSSR count). The van der Waals surface area contributed by atoms with Crippen molar-refractivity contribution < 1.29 is 0 Å². The summed E-state index contributed by atoms with van der Waals surface area (Å²) in [5.74, 6) is 0. The van der Waals surface area contributed by atoms with Gasteiger partial charge >= 0.3 is 0 Å². The van der Waals surface area contributed by atoms with E-state index in [9.17, 15) is 0 Å². The third-order valence-corrected chi connectivity index (χ3v) is 4.72. The molecule has 0 aromatic heterocycles. The molecule has 1 N–H and O–H groups in total. The van der Waals surface area contributed by atoms with Crippen molar-refractivity contribution in [2.75, 3.05) is 6.54 Å². The van der Waals surface area contributed by atoms with Crippen LogP contribution in [0.15, 0.2) is 30.3 Å². The van der Waals surface area contributed by atoms with Crippen LogP contribution in [0.25, 0.3) is 0 Å². The lowest BCUT2D eigenvalue weighted by molar-refractivity contribution is 0.627. The second kappa shape index (κ2) is 6.83. The fourth-order valence-corrected chi connectivity index (χ4v) is 3.05. The van der Waals surface area contributed by atoms with E-state index in [1.54, 1.807) is 0 Å². The summed E-state index contributed by atoms with van der Waals surface area (Å²) in [4.78, 5) is 0. The van der Waals surface area contributed by atoms with Crippen molar-refractivity contribution >= 4 is 23.2 Å². The largest absolute Gasteiger partial charge is 0.306 e. The van der Waals surface area contributed by atoms with Crippen LogP contribution in [0.2, 0.25) is 10.0 Å². The summed E-state index contributed by atoms with van der Waals surface area (Å²) in [5, 5.41) is 5.18. The maximum absolute atomic E-state index is 6.53. The Morgan fingerprint density at radius 3 is 2.33 bits per heavy atom. The lowest BCUT2D eigenvalue weighted by atomic mass is 9.92. The molecule has 1 nitrogen and oxygen atoms in total. The molecule has 2 aromatic carbocycles. The Balaban J connectivity index is 2.59. The predicted octanol–water partition coefficient (Wildman–Crippen LogP) is 5.62. The maximum atomic E-state index is 6.53. The Hall–Kier alpha value is -1.02. The second-order valence-corrected chi connectivity index (χ2v) is 6.21. The van der Waals surface area contributed by atoms with E-state index in [2.05, 4.69) is 37.4 Å². The lowest BCUT2D eigenvalue weighted by Gasteiger charge is -2.23. The number of aryl methyl sites for hydroxylation is 3. The first-order valence-electron chi connectivity index (χ1n) is 7.20. The smallest absolute Gasteiger partial charge is 0.0594 e. The molecule has 0 aliphatic heterocycles. The van der Waals surface area contributed by atoms with Crippen molar-refractivity contribution in [2.24, 2.45) is 0 Å². The Bertz CT molecular complexity index is 650. The summed E-state index contributed by atoms with van der Waals surface area (Å²) >= 11 is 12.8. The molecule has 3 heteroatoms. The number of hydrogen-bond donors (Lipinski definition) is 1. The molecule has 0 heterocycles. The van der Waals surface area contributed by atoms with Crippen LogP contribution in [0.4, 0.5) is 0 Å². The van der Waals surface area contributed by atoms with Gasteiger partial charge in [-0.2, -0.15) is 0 Å². The molecule has 1 unspecified atom stereocenters. The van der Waals surface area contributed by atoms with Crippen molar-refractivity contribution in [3.05, 3.63) is 68.2 Å². The second-order valence-electron chi connectivity index (χ2n) is 5.43. The van der Waals surface area contributed by atoms with Gasteiger partial charge < -0.3 is 5.32 Å². The molecule has 2 aromatic rings. The van der Waals surface area contributed by atoms with Crippen LogP contribution in [0.3, 0.4) is 0 Å². The summed E-state index contributed by atoms with van der Waals surface area (Å²) in [6.07, 6.45) is 0. The fourth-order valence-electron chi connectivity index (χ4n) is 2.60. The van der Waals surface area contributed by atoms with E-state index in [0.717, 1.165) is 33.3 Å². The SMILES string of the molecule is CCNC(c1cc(C)c(Cl)cc1C)c1cccc(C)c1Cl. The van der Waals surface area contributed by atoms with Gasteiger partial charge in [-0.3, -0.25) is 0 Å². The number of hydrogen-bond acceptors (Lipinski definition) is 1. The Morgan fingerprint density at radius 2 is 1.67 bits per heavy atom. The molecule has 0 aliphatic carbocycles. The average molecular weight is 322 g/mol. The van der Waals surface area contributed by atoms with Crippen molar-refractivity contribution in [1.82, 2.24) is 5.32 Å². The normalized spacial score (nSPS) is 12.5. The Labute approximate surface area is 137 Å². The van der Waals surface area contributed by atoms with Crippen molar-refractivity contribution in [2.45, 2.75) is 33.7 Å². The Kier molecular flexibility index (Phi) is 5.32. The molecule has 21 heavy (non-hydrogen) atoms. The first-order valence-corrected chi connectivity index (χ1v) is 7.96. The maximum Gasteiger partial charge on any atom is 0.0594 e. The van der Waals surface area contributed by atoms with Crippen LogP contribution in [0, 0.1) is 20.8 Å². The number of benzene rings is 2. The minimum absolute atomic E-state index is 0.0818. The van der Waals surface area contributed by atoms with Crippen molar-refractivity contribution in [1.29, 1.82) is 0 Å². The highest BCUT2D eigenvalue weighted by molar-refractivity contribution is 6.32. The van der Waals surface area contributed by atoms with Gasteiger partial charge in [0.15, 0.2) is 0 Å². The molecule has 1 atom stereocenters. The zero-order valence-corrected chi connectivity index (χ0v) is 14.4. The predicted molar refractivity (Wildman–Crippen MR) is 92.6 cm³/mol. The minimum Gasteiger partial charge on any atom is -0.306 e. The molecule has 0 radical (unpaired) electrons. The molecule has 0 fully saturated rings. The van der Waals surface area contributed by atoms with E-state index in [1.165, 1.54) is 11.1 Å². The van der Waals surface area contributed by atoms with Gasteiger partial charge in [0.1, 0.15) is 0 Å². The first-order chi connectivity index (χ1) is 9.95. The quantitative estimate of drug-likeness (QED) is 0.770. The third kappa shape index (κ3) is 3.42. The molecule has 0 bridgehead atoms. The standard InChI is InChI=1S/C18H21Cl2N/c1-5-21-18(14-8-6-7-11(2)17(14)20)15-9-13(4)16(19)10-12(15)3/h6-10,18,21H,5H2,1-4H3. The summed E-state index contributed by atoms with van der Waals surface area (Å²) < 4.78 is 0. The minimum atomic E-state index is 0.0818. The highest BCUT2D eigenvalue weighted by Gasteiger charge is 2.19. The molecule has 0 saturated carbocycles. The molecule has 0 amide bonds. The van der Waals surface area contributed by atoms with E-state index in [1.807, 2.05) is 26.0 Å². The fraction of sp³-hybridized carbons (Fsp3) is 0.333. The molecule has 0 saturated heterocycles. The first kappa shape index (κ1) is 16.4. The van der Waals surface area contributed by atoms with E-state index >= 15 is 0 Å². The van der Waals surface area contributed by atoms with Crippen LogP contribution in [-0.2, 0) is 0 Å². The zero-order valence-electron chi connectivity index (χ0n) is 12.9. The topological polar surface area (TPSA) is 12.0 Å². The van der Waals surface area contributed by atoms with Gasteiger partial charge in [-0.15, -0.1) is 0 Å². The highest BCUT2D eigenvalue weighted by atomic mass is 35.5. The molecule has 112 valence electrons. The van der Waals surface area contributed by atoms with Gasteiger partial charge in [0, 0.05) is 10.0 Å². The molecule has 0 aliphatic rings. The van der Waals surface area contributed by atoms with E-state index in [0.29, 0.717) is 0 Å². The third-order valence-electron chi connectivity index (χ3n) is 3.80. The number of halogens is 2. The summed E-state index contributed by atoms with van der Waals surface area (Å²) in [6, 6.07) is 10.4. The van der Waals surface area contributed by atoms with Crippen LogP contribution in [0.5, 0.6) is 0 Å². The number of rotatable bonds is 4. The van der Waals surface area contributed by atoms with Crippen molar-refractivity contribution in [3.8, 4) is 0 Å². The zero-order chi connectivity index (χ0) is 15.6. The van der Waals surface area contributed by atoms with Gasteiger partial charge in [0.25, 0.3) is 0 Å². The Morgan fingerprint density at radius 1 is 0.952 bits per heavy atom. The molecule has 0 spiro atoms. The van der Waals surface area contributed by atoms with Crippen LogP contribution >= 0.6 is 23.2 Å². The van der Waals surface area contributed by atoms with Gasteiger partial charge in [-0.25, -0.2) is 0 Å². The van der Waals surface area contributed by atoms with Crippen molar-refractivity contribution in [3.63, 3.8) is 0 Å². The lowest BCUT2D eigenvalue weighted by Crippen LogP contribution is -2.23. The van der Waals surface area contributed by atoms with Gasteiger partial charge in [-0.05, 0) is 61.2 Å². The van der Waals surface area contributed by atoms with E-state index in [4.69, 9.17) is 23.2 Å². The molecular formula is C18H21Cl2N. The summed E-state index contributed by atoms with van der Waals surface area (Å²) in [6.45, 7) is 9.14. The van der Waals surface area contributed by atoms with Crippen LogP contribution in [-0.4, -0.2) is 6.54 Å². The number of nitrogens with one attached hydrogen (secondary N) is 1. The van der Waals surface area contributed by atoms with Crippen LogP contribution < -0.4 is 5.32 Å². The van der Waals surface area contributed by atoms with Gasteiger partial charge in [0.2, 0.25) is 0 Å². The summed E-state index contributed by atoms with van der Waals surface area (Å²) in [7, 11) is 0. The monoisotopic (exact) mass is 321 g/mol. The molecular weight excluding hydrogens is 301 g/mol. The van der Waals surface area contributed by atoms with Crippen LogP contribution in [0.1, 0.15) is 40.8 Å². The van der Waals surface area contributed by atoms with Gasteiger partial charge in [0.05, 0.1) is 6.04 Å². The van der Waals surface area contributed by atoms with E-state index < -0.39 is 0 Å². The average Bonchev–Trinajstić information content (AvgIpc) is 2.44. The summed E-state index contributed by atoms with van der Waals surface area (Å²) in [5.41, 5.74) is 5.70. The highest BCUT2D eigenvalue weighted by Crippen LogP contribution is 2.33. The van der Waals surface area contributed by atoms with Gasteiger partial charge in [-0.1, -0.05) is 54.4 Å². The van der Waals surface area contributed by atoms with E-state index in [-0.39, 0.29) is 6.04 Å².